The molecule has 1 aliphatic heterocycles. The van der Waals surface area contributed by atoms with Crippen molar-refractivity contribution in [3.8, 4) is 0 Å². The van der Waals surface area contributed by atoms with Crippen LogP contribution in [0.1, 0.15) is 6.92 Å². The van der Waals surface area contributed by atoms with E-state index in [9.17, 15) is 9.18 Å². The SMILES string of the molecule is CC(C(=O)O)N1CCN(c2ncccc2F)CC1. The second kappa shape index (κ2) is 5.30. The normalized spacial score (nSPS) is 18.7. The Morgan fingerprint density at radius 1 is 1.44 bits per heavy atom. The predicted octanol–water partition coefficient (Wildman–Crippen LogP) is 0.816. The molecule has 98 valence electrons. The molecular weight excluding hydrogens is 237 g/mol. The number of hydrogen-bond acceptors (Lipinski definition) is 4. The Hall–Kier alpha value is -1.69. The van der Waals surface area contributed by atoms with E-state index in [-0.39, 0.29) is 5.82 Å². The van der Waals surface area contributed by atoms with Crippen LogP contribution in [0.25, 0.3) is 0 Å². The van der Waals surface area contributed by atoms with Crippen LogP contribution >= 0.6 is 0 Å². The minimum absolute atomic E-state index is 0.336. The van der Waals surface area contributed by atoms with Crippen LogP contribution in [-0.4, -0.2) is 53.2 Å². The number of aliphatic carboxylic acids is 1. The Bertz CT molecular complexity index is 433. The number of aromatic nitrogens is 1. The first-order chi connectivity index (χ1) is 8.59. The molecule has 0 aliphatic carbocycles. The minimum atomic E-state index is -0.826. The molecule has 2 heterocycles. The van der Waals surface area contributed by atoms with Crippen LogP contribution in [0.5, 0.6) is 0 Å². The number of anilines is 1. The highest BCUT2D eigenvalue weighted by molar-refractivity contribution is 5.72. The highest BCUT2D eigenvalue weighted by Gasteiger charge is 2.26. The second-order valence-electron chi connectivity index (χ2n) is 4.35. The van der Waals surface area contributed by atoms with Gasteiger partial charge in [0.1, 0.15) is 6.04 Å². The quantitative estimate of drug-likeness (QED) is 0.864. The summed E-state index contributed by atoms with van der Waals surface area (Å²) < 4.78 is 13.5. The second-order valence-corrected chi connectivity index (χ2v) is 4.35. The van der Waals surface area contributed by atoms with E-state index >= 15 is 0 Å². The van der Waals surface area contributed by atoms with Crippen molar-refractivity contribution in [2.24, 2.45) is 0 Å². The predicted molar refractivity (Wildman–Crippen MR) is 65.1 cm³/mol. The Morgan fingerprint density at radius 2 is 2.11 bits per heavy atom. The topological polar surface area (TPSA) is 56.7 Å². The molecule has 0 radical (unpaired) electrons. The number of piperazine rings is 1. The number of carbonyl (C=O) groups is 1. The van der Waals surface area contributed by atoms with Crippen LogP contribution in [0.3, 0.4) is 0 Å². The van der Waals surface area contributed by atoms with Gasteiger partial charge in [0, 0.05) is 32.4 Å². The van der Waals surface area contributed by atoms with Crippen molar-refractivity contribution < 1.29 is 14.3 Å². The number of carboxylic acid groups (broad SMARTS) is 1. The molecule has 0 amide bonds. The van der Waals surface area contributed by atoms with Gasteiger partial charge in [-0.15, -0.1) is 0 Å². The van der Waals surface area contributed by atoms with Crippen molar-refractivity contribution >= 4 is 11.8 Å². The molecule has 1 atom stereocenters. The molecule has 1 fully saturated rings. The summed E-state index contributed by atoms with van der Waals surface area (Å²) in [7, 11) is 0. The van der Waals surface area contributed by atoms with Gasteiger partial charge in [0.2, 0.25) is 0 Å². The first-order valence-electron chi connectivity index (χ1n) is 5.92. The molecule has 2 rings (SSSR count). The highest BCUT2D eigenvalue weighted by Crippen LogP contribution is 2.17. The molecule has 1 N–H and O–H groups in total. The van der Waals surface area contributed by atoms with E-state index < -0.39 is 12.0 Å². The maximum absolute atomic E-state index is 13.5. The fourth-order valence-corrected chi connectivity index (χ4v) is 2.09. The van der Waals surface area contributed by atoms with Crippen molar-refractivity contribution in [3.63, 3.8) is 0 Å². The zero-order valence-electron chi connectivity index (χ0n) is 10.2. The van der Waals surface area contributed by atoms with Crippen LogP contribution in [0.15, 0.2) is 18.3 Å². The van der Waals surface area contributed by atoms with Crippen molar-refractivity contribution in [1.29, 1.82) is 0 Å². The van der Waals surface area contributed by atoms with E-state index in [0.29, 0.717) is 32.0 Å². The van der Waals surface area contributed by atoms with E-state index in [1.54, 1.807) is 19.2 Å². The highest BCUT2D eigenvalue weighted by atomic mass is 19.1. The molecular formula is C12H16FN3O2. The summed E-state index contributed by atoms with van der Waals surface area (Å²) in [6.07, 6.45) is 1.56. The lowest BCUT2D eigenvalue weighted by atomic mass is 10.2. The van der Waals surface area contributed by atoms with Crippen molar-refractivity contribution in [1.82, 2.24) is 9.88 Å². The third-order valence-corrected chi connectivity index (χ3v) is 3.26. The van der Waals surface area contributed by atoms with E-state index in [2.05, 4.69) is 4.98 Å². The Balaban J connectivity index is 1.99. The molecule has 1 aliphatic rings. The van der Waals surface area contributed by atoms with E-state index in [0.717, 1.165) is 0 Å². The lowest BCUT2D eigenvalue weighted by molar-refractivity contribution is -0.142. The molecule has 1 aromatic rings. The average molecular weight is 253 g/mol. The molecule has 0 bridgehead atoms. The lowest BCUT2D eigenvalue weighted by Gasteiger charge is -2.37. The largest absolute Gasteiger partial charge is 0.480 e. The molecule has 6 heteroatoms. The maximum atomic E-state index is 13.5. The van der Waals surface area contributed by atoms with Gasteiger partial charge in [-0.05, 0) is 19.1 Å². The molecule has 0 saturated carbocycles. The molecule has 1 saturated heterocycles. The van der Waals surface area contributed by atoms with E-state index in [4.69, 9.17) is 5.11 Å². The van der Waals surface area contributed by atoms with E-state index in [1.165, 1.54) is 6.07 Å². The number of carboxylic acids is 1. The molecule has 1 aromatic heterocycles. The number of rotatable bonds is 3. The smallest absolute Gasteiger partial charge is 0.320 e. The third-order valence-electron chi connectivity index (χ3n) is 3.26. The van der Waals surface area contributed by atoms with Crippen LogP contribution in [-0.2, 0) is 4.79 Å². The maximum Gasteiger partial charge on any atom is 0.320 e. The summed E-state index contributed by atoms with van der Waals surface area (Å²) in [5.74, 6) is -0.815. The first kappa shape index (κ1) is 12.8. The number of pyridine rings is 1. The monoisotopic (exact) mass is 253 g/mol. The average Bonchev–Trinajstić information content (AvgIpc) is 2.38. The Labute approximate surface area is 105 Å². The van der Waals surface area contributed by atoms with Gasteiger partial charge in [-0.25, -0.2) is 9.37 Å². The fraction of sp³-hybridized carbons (Fsp3) is 0.500. The summed E-state index contributed by atoms with van der Waals surface area (Å²) in [4.78, 5) is 18.6. The molecule has 18 heavy (non-hydrogen) atoms. The van der Waals surface area contributed by atoms with Gasteiger partial charge >= 0.3 is 5.97 Å². The summed E-state index contributed by atoms with van der Waals surface area (Å²) in [5, 5.41) is 8.93. The van der Waals surface area contributed by atoms with E-state index in [1.807, 2.05) is 9.80 Å². The number of halogens is 1. The van der Waals surface area contributed by atoms with Crippen molar-refractivity contribution in [3.05, 3.63) is 24.1 Å². The first-order valence-corrected chi connectivity index (χ1v) is 5.92. The van der Waals surface area contributed by atoms with Gasteiger partial charge in [0.25, 0.3) is 0 Å². The molecule has 5 nitrogen and oxygen atoms in total. The molecule has 0 aromatic carbocycles. The lowest BCUT2D eigenvalue weighted by Crippen LogP contribution is -2.52. The third kappa shape index (κ3) is 2.59. The number of nitrogens with zero attached hydrogens (tertiary/aromatic N) is 3. The zero-order chi connectivity index (χ0) is 13.1. The van der Waals surface area contributed by atoms with Crippen LogP contribution in [0, 0.1) is 5.82 Å². The standard InChI is InChI=1S/C12H16FN3O2/c1-9(12(17)18)15-5-7-16(8-6-15)11-10(13)3-2-4-14-11/h2-4,9H,5-8H2,1H3,(H,17,18). The summed E-state index contributed by atoms with van der Waals surface area (Å²) in [6, 6.07) is 2.44. The number of hydrogen-bond donors (Lipinski definition) is 1. The van der Waals surface area contributed by atoms with Gasteiger partial charge in [-0.1, -0.05) is 0 Å². The Morgan fingerprint density at radius 3 is 2.67 bits per heavy atom. The summed E-state index contributed by atoms with van der Waals surface area (Å²) in [6.45, 7) is 4.05. The van der Waals surface area contributed by atoms with Crippen LogP contribution in [0.4, 0.5) is 10.2 Å². The van der Waals surface area contributed by atoms with Gasteiger partial charge in [-0.2, -0.15) is 0 Å². The molecule has 1 unspecified atom stereocenters. The van der Waals surface area contributed by atoms with Gasteiger partial charge in [0.05, 0.1) is 0 Å². The van der Waals surface area contributed by atoms with Gasteiger partial charge < -0.3 is 10.0 Å². The van der Waals surface area contributed by atoms with Crippen LogP contribution < -0.4 is 4.90 Å². The summed E-state index contributed by atoms with van der Waals surface area (Å²) >= 11 is 0. The van der Waals surface area contributed by atoms with Crippen molar-refractivity contribution in [2.45, 2.75) is 13.0 Å². The molecule has 0 spiro atoms. The Kier molecular flexibility index (Phi) is 3.76. The fourth-order valence-electron chi connectivity index (χ4n) is 2.09. The van der Waals surface area contributed by atoms with Gasteiger partial charge in [-0.3, -0.25) is 9.69 Å². The zero-order valence-corrected chi connectivity index (χ0v) is 10.2. The summed E-state index contributed by atoms with van der Waals surface area (Å²) in [5.41, 5.74) is 0. The van der Waals surface area contributed by atoms with Crippen LogP contribution in [0.2, 0.25) is 0 Å². The van der Waals surface area contributed by atoms with Crippen molar-refractivity contribution in [2.75, 3.05) is 31.1 Å². The van der Waals surface area contributed by atoms with Gasteiger partial charge in [0.15, 0.2) is 11.6 Å². The minimum Gasteiger partial charge on any atom is -0.480 e.